The van der Waals surface area contributed by atoms with E-state index in [9.17, 15) is 19.8 Å². The van der Waals surface area contributed by atoms with Crippen LogP contribution in [0, 0.1) is 0 Å². The molecular formula is C30H52N2O6. The van der Waals surface area contributed by atoms with Gasteiger partial charge in [-0.2, -0.15) is 0 Å². The topological polar surface area (TPSA) is 99.5 Å². The normalized spacial score (nSPS) is 25.3. The largest absolute Gasteiger partial charge is 0.461 e. The molecule has 2 fully saturated rings. The minimum atomic E-state index is -1.34. The number of rotatable bonds is 9. The van der Waals surface area contributed by atoms with Gasteiger partial charge in [0.2, 0.25) is 0 Å². The van der Waals surface area contributed by atoms with Gasteiger partial charge in [-0.25, -0.2) is 9.59 Å². The first-order valence-electron chi connectivity index (χ1n) is 13.7. The zero-order chi connectivity index (χ0) is 29.5. The van der Waals surface area contributed by atoms with E-state index in [2.05, 4.69) is 78.3 Å². The Bertz CT molecular complexity index is 836. The molecule has 0 aliphatic carbocycles. The van der Waals surface area contributed by atoms with Gasteiger partial charge in [0.25, 0.3) is 0 Å². The first-order chi connectivity index (χ1) is 17.0. The maximum Gasteiger partial charge on any atom is 0.333 e. The van der Waals surface area contributed by atoms with Crippen molar-refractivity contribution in [3.05, 3.63) is 24.3 Å². The summed E-state index contributed by atoms with van der Waals surface area (Å²) in [4.78, 5) is 28.3. The molecule has 2 saturated heterocycles. The first kappa shape index (κ1) is 32.5. The van der Waals surface area contributed by atoms with Gasteiger partial charge in [-0.1, -0.05) is 13.2 Å². The van der Waals surface area contributed by atoms with Gasteiger partial charge in [-0.05, 0) is 94.9 Å². The van der Waals surface area contributed by atoms with E-state index in [4.69, 9.17) is 9.47 Å². The molecule has 2 aliphatic heterocycles. The van der Waals surface area contributed by atoms with Gasteiger partial charge in [0.15, 0.2) is 0 Å². The second kappa shape index (κ2) is 10.7. The Morgan fingerprint density at radius 3 is 1.08 bits per heavy atom. The number of likely N-dealkylation sites (tertiary alicyclic amines) is 2. The summed E-state index contributed by atoms with van der Waals surface area (Å²) in [6.07, 6.45) is 1.49. The molecular weight excluding hydrogens is 484 g/mol. The minimum absolute atomic E-state index is 0.228. The van der Waals surface area contributed by atoms with Gasteiger partial charge in [0, 0.05) is 46.4 Å². The number of carbonyl (C=O) groups excluding carboxylic acids is 2. The molecule has 0 radical (unpaired) electrons. The fraction of sp³-hybridized carbons (Fsp3) is 0.800. The third kappa shape index (κ3) is 6.69. The van der Waals surface area contributed by atoms with E-state index < -0.39 is 45.3 Å². The van der Waals surface area contributed by atoms with Crippen LogP contribution in [0.25, 0.3) is 0 Å². The van der Waals surface area contributed by atoms with E-state index >= 15 is 0 Å². The lowest BCUT2D eigenvalue weighted by Crippen LogP contribution is -2.76. The van der Waals surface area contributed by atoms with E-state index in [-0.39, 0.29) is 13.2 Å². The number of piperidine rings is 2. The first-order valence-corrected chi connectivity index (χ1v) is 13.7. The van der Waals surface area contributed by atoms with E-state index in [0.717, 1.165) is 0 Å². The van der Waals surface area contributed by atoms with Crippen LogP contribution in [0.1, 0.15) is 94.9 Å². The fourth-order valence-electron chi connectivity index (χ4n) is 7.58. The van der Waals surface area contributed by atoms with E-state index in [0.29, 0.717) is 49.9 Å². The quantitative estimate of drug-likeness (QED) is 0.337. The Morgan fingerprint density at radius 1 is 0.632 bits per heavy atom. The number of nitrogens with zero attached hydrogens (tertiary/aromatic N) is 2. The van der Waals surface area contributed by atoms with Gasteiger partial charge in [0.1, 0.15) is 13.2 Å². The highest BCUT2D eigenvalue weighted by Crippen LogP contribution is 2.55. The summed E-state index contributed by atoms with van der Waals surface area (Å²) in [5, 5.41) is 24.6. The lowest BCUT2D eigenvalue weighted by Gasteiger charge is -2.66. The number of aliphatic hydroxyl groups is 2. The molecule has 0 spiro atoms. The third-order valence-electron chi connectivity index (χ3n) is 8.48. The van der Waals surface area contributed by atoms with Crippen molar-refractivity contribution in [3.8, 4) is 0 Å². The maximum absolute atomic E-state index is 12.3. The molecule has 0 saturated carbocycles. The van der Waals surface area contributed by atoms with Crippen molar-refractivity contribution < 1.29 is 29.3 Å². The highest BCUT2D eigenvalue weighted by atomic mass is 16.5. The molecule has 0 aromatic heterocycles. The van der Waals surface area contributed by atoms with Crippen molar-refractivity contribution in [2.24, 2.45) is 0 Å². The van der Waals surface area contributed by atoms with Crippen LogP contribution in [0.3, 0.4) is 0 Å². The molecule has 2 aliphatic rings. The van der Waals surface area contributed by atoms with Crippen molar-refractivity contribution >= 4 is 11.9 Å². The Balaban J connectivity index is 2.26. The van der Waals surface area contributed by atoms with Gasteiger partial charge in [-0.15, -0.1) is 0 Å². The molecule has 0 bridgehead atoms. The second-order valence-corrected chi connectivity index (χ2v) is 14.2. The fourth-order valence-corrected chi connectivity index (χ4v) is 7.58. The Morgan fingerprint density at radius 2 is 0.868 bits per heavy atom. The predicted octanol–water partition coefficient (Wildman–Crippen LogP) is 3.99. The predicted molar refractivity (Wildman–Crippen MR) is 150 cm³/mol. The van der Waals surface area contributed by atoms with Crippen molar-refractivity contribution in [1.82, 2.24) is 9.80 Å². The zero-order valence-corrected chi connectivity index (χ0v) is 25.5. The smallest absolute Gasteiger partial charge is 0.333 e. The summed E-state index contributed by atoms with van der Waals surface area (Å²) in [6, 6.07) is 0. The van der Waals surface area contributed by atoms with Crippen molar-refractivity contribution in [1.29, 1.82) is 0 Å². The standard InChI is InChI=1S/C30H52N2O6/c1-21(2)23(33)37-15-13-31-25(5,6)17-29(35,18-26(31,7)8)30(36)19-27(9,10)32(28(11,12)20-30)14-16-38-24(34)22(3)4/h35-36H,1,3,13-20H2,2,4-12H3. The van der Waals surface area contributed by atoms with Gasteiger partial charge in [-0.3, -0.25) is 9.80 Å². The lowest BCUT2D eigenvalue weighted by molar-refractivity contribution is -0.263. The Hall–Kier alpha value is -1.74. The molecule has 8 heteroatoms. The summed E-state index contributed by atoms with van der Waals surface area (Å²) in [5.74, 6) is -0.817. The van der Waals surface area contributed by atoms with Crippen LogP contribution in [0.15, 0.2) is 24.3 Å². The average Bonchev–Trinajstić information content (AvgIpc) is 2.69. The van der Waals surface area contributed by atoms with Gasteiger partial charge in [0.05, 0.1) is 11.2 Å². The molecule has 0 aromatic carbocycles. The Kier molecular flexibility index (Phi) is 9.12. The molecule has 2 heterocycles. The van der Waals surface area contributed by atoms with Crippen LogP contribution < -0.4 is 0 Å². The zero-order valence-electron chi connectivity index (χ0n) is 25.5. The van der Waals surface area contributed by atoms with Crippen LogP contribution in [-0.2, 0) is 19.1 Å². The molecule has 2 N–H and O–H groups in total. The third-order valence-corrected chi connectivity index (χ3v) is 8.48. The monoisotopic (exact) mass is 536 g/mol. The van der Waals surface area contributed by atoms with Crippen LogP contribution in [0.5, 0.6) is 0 Å². The van der Waals surface area contributed by atoms with E-state index in [1.165, 1.54) is 0 Å². The van der Waals surface area contributed by atoms with E-state index in [1.54, 1.807) is 13.8 Å². The summed E-state index contributed by atoms with van der Waals surface area (Å²) >= 11 is 0. The number of hydrogen-bond donors (Lipinski definition) is 2. The van der Waals surface area contributed by atoms with Gasteiger partial charge < -0.3 is 19.7 Å². The molecule has 0 aromatic rings. The number of hydrogen-bond acceptors (Lipinski definition) is 8. The van der Waals surface area contributed by atoms with Crippen molar-refractivity contribution in [2.75, 3.05) is 26.3 Å². The summed E-state index contributed by atoms with van der Waals surface area (Å²) in [5.41, 5.74) is -3.81. The number of esters is 2. The maximum atomic E-state index is 12.3. The van der Waals surface area contributed by atoms with Crippen molar-refractivity contribution in [2.45, 2.75) is 128 Å². The minimum Gasteiger partial charge on any atom is -0.461 e. The average molecular weight is 537 g/mol. The molecule has 8 nitrogen and oxygen atoms in total. The molecule has 38 heavy (non-hydrogen) atoms. The molecule has 0 amide bonds. The molecule has 218 valence electrons. The highest BCUT2D eigenvalue weighted by molar-refractivity contribution is 5.87. The van der Waals surface area contributed by atoms with Crippen LogP contribution in [0.4, 0.5) is 0 Å². The van der Waals surface area contributed by atoms with Crippen molar-refractivity contribution in [3.63, 3.8) is 0 Å². The van der Waals surface area contributed by atoms with E-state index in [1.807, 2.05) is 0 Å². The number of ether oxygens (including phenoxy) is 2. The highest BCUT2D eigenvalue weighted by Gasteiger charge is 2.64. The summed E-state index contributed by atoms with van der Waals surface area (Å²) in [7, 11) is 0. The Labute approximate surface area is 230 Å². The lowest BCUT2D eigenvalue weighted by atomic mass is 9.57. The number of carbonyl (C=O) groups is 2. The SMILES string of the molecule is C=C(C)C(=O)OCCN1C(C)(C)CC(O)(C2(O)CC(C)(C)N(CCOC(=O)C(=C)C)C(C)(C)C2)CC1(C)C. The molecule has 2 rings (SSSR count). The van der Waals surface area contributed by atoms with Crippen LogP contribution in [0.2, 0.25) is 0 Å². The van der Waals surface area contributed by atoms with Gasteiger partial charge >= 0.3 is 11.9 Å². The molecule has 0 atom stereocenters. The second-order valence-electron chi connectivity index (χ2n) is 14.2. The molecule has 0 unspecified atom stereocenters. The summed E-state index contributed by atoms with van der Waals surface area (Å²) in [6.45, 7) is 28.6. The summed E-state index contributed by atoms with van der Waals surface area (Å²) < 4.78 is 10.7. The van der Waals surface area contributed by atoms with Crippen LogP contribution >= 0.6 is 0 Å². The van der Waals surface area contributed by atoms with Crippen LogP contribution in [-0.4, -0.2) is 91.6 Å².